The highest BCUT2D eigenvalue weighted by atomic mass is 16.6. The summed E-state index contributed by atoms with van der Waals surface area (Å²) in [7, 11) is 0. The third-order valence-electron chi connectivity index (χ3n) is 7.39. The first-order chi connectivity index (χ1) is 20.1. The molecule has 206 valence electrons. The predicted molar refractivity (Wildman–Crippen MR) is 147 cm³/mol. The van der Waals surface area contributed by atoms with Gasteiger partial charge in [-0.2, -0.15) is 10.5 Å². The Morgan fingerprint density at radius 3 is 2.71 bits per heavy atom. The van der Waals surface area contributed by atoms with Crippen LogP contribution in [0, 0.1) is 22.7 Å². The standard InChI is InChI=1S/C31H26N4O6/c32-9-11-38-27-16-28-24(14-20(27)18-35-10-2-1-6-25(35)31(36)37)34-30(41-28)22-5-3-4-21(23(22)17-33)19-7-8-26-29(15-19)40-13-12-39-26/h3-5,7-8,14-16,25H,1-2,6,10-13,18H2,(H,36,37)/t25-/m0/s1. The number of carboxylic acid groups (broad SMARTS) is 1. The van der Waals surface area contributed by atoms with E-state index in [1.165, 1.54) is 0 Å². The lowest BCUT2D eigenvalue weighted by Crippen LogP contribution is -2.44. The zero-order valence-electron chi connectivity index (χ0n) is 22.1. The Bertz CT molecular complexity index is 1720. The summed E-state index contributed by atoms with van der Waals surface area (Å²) in [6, 6.07) is 18.2. The molecule has 6 rings (SSSR count). The predicted octanol–water partition coefficient (Wildman–Crippen LogP) is 5.15. The zero-order chi connectivity index (χ0) is 28.3. The van der Waals surface area contributed by atoms with Gasteiger partial charge in [0.15, 0.2) is 23.7 Å². The fourth-order valence-corrected chi connectivity index (χ4v) is 5.46. The molecule has 1 aromatic heterocycles. The van der Waals surface area contributed by atoms with E-state index < -0.39 is 12.0 Å². The second kappa shape index (κ2) is 11.2. The van der Waals surface area contributed by atoms with E-state index >= 15 is 0 Å². The monoisotopic (exact) mass is 550 g/mol. The van der Waals surface area contributed by atoms with Gasteiger partial charge in [-0.05, 0) is 49.2 Å². The number of aromatic nitrogens is 1. The third-order valence-corrected chi connectivity index (χ3v) is 7.39. The van der Waals surface area contributed by atoms with Crippen molar-refractivity contribution in [2.75, 3.05) is 26.4 Å². The average Bonchev–Trinajstić information content (AvgIpc) is 3.42. The van der Waals surface area contributed by atoms with Crippen LogP contribution in [-0.2, 0) is 11.3 Å². The molecule has 1 fully saturated rings. The molecule has 10 heteroatoms. The van der Waals surface area contributed by atoms with Gasteiger partial charge in [0.1, 0.15) is 42.7 Å². The van der Waals surface area contributed by atoms with Crippen molar-refractivity contribution < 1.29 is 28.5 Å². The van der Waals surface area contributed by atoms with Gasteiger partial charge in [-0.1, -0.05) is 24.6 Å². The number of nitriles is 2. The van der Waals surface area contributed by atoms with Gasteiger partial charge in [0, 0.05) is 23.7 Å². The van der Waals surface area contributed by atoms with Crippen LogP contribution in [0.5, 0.6) is 17.2 Å². The first kappa shape index (κ1) is 26.2. The van der Waals surface area contributed by atoms with Crippen LogP contribution >= 0.6 is 0 Å². The quantitative estimate of drug-likeness (QED) is 0.328. The van der Waals surface area contributed by atoms with E-state index in [0.29, 0.717) is 83.3 Å². The minimum Gasteiger partial charge on any atom is -0.486 e. The molecule has 0 radical (unpaired) electrons. The van der Waals surface area contributed by atoms with Crippen molar-refractivity contribution in [1.29, 1.82) is 10.5 Å². The lowest BCUT2D eigenvalue weighted by molar-refractivity contribution is -0.144. The SMILES string of the molecule is N#CCOc1cc2oc(-c3cccc(-c4ccc5c(c4)OCCO5)c3C#N)nc2cc1CN1CCCC[C@H]1C(=O)O. The number of ether oxygens (including phenoxy) is 3. The minimum absolute atomic E-state index is 0.169. The molecule has 4 aromatic rings. The Labute approximate surface area is 235 Å². The van der Waals surface area contributed by atoms with E-state index in [9.17, 15) is 15.2 Å². The summed E-state index contributed by atoms with van der Waals surface area (Å²) >= 11 is 0. The summed E-state index contributed by atoms with van der Waals surface area (Å²) in [5, 5.41) is 29.0. The molecular formula is C31H26N4O6. The summed E-state index contributed by atoms with van der Waals surface area (Å²) in [6.45, 7) is 1.76. The molecular weight excluding hydrogens is 524 g/mol. The number of hydrogen-bond acceptors (Lipinski definition) is 9. The number of carboxylic acids is 1. The number of hydrogen-bond donors (Lipinski definition) is 1. The summed E-state index contributed by atoms with van der Waals surface area (Å²) in [4.78, 5) is 18.5. The number of aliphatic carboxylic acids is 1. The normalized spacial score (nSPS) is 16.6. The molecule has 0 unspecified atom stereocenters. The maximum atomic E-state index is 11.9. The Kier molecular flexibility index (Phi) is 7.15. The first-order valence-electron chi connectivity index (χ1n) is 13.4. The molecule has 3 heterocycles. The Morgan fingerprint density at radius 1 is 1.07 bits per heavy atom. The third kappa shape index (κ3) is 5.13. The molecule has 10 nitrogen and oxygen atoms in total. The molecule has 2 aliphatic rings. The van der Waals surface area contributed by atoms with Crippen LogP contribution in [0.15, 0.2) is 52.9 Å². The number of benzene rings is 3. The van der Waals surface area contributed by atoms with Gasteiger partial charge < -0.3 is 23.7 Å². The van der Waals surface area contributed by atoms with E-state index in [1.807, 2.05) is 41.3 Å². The summed E-state index contributed by atoms with van der Waals surface area (Å²) in [6.07, 6.45) is 2.35. The van der Waals surface area contributed by atoms with Gasteiger partial charge in [0.25, 0.3) is 0 Å². The smallest absolute Gasteiger partial charge is 0.320 e. The fourth-order valence-electron chi connectivity index (χ4n) is 5.46. The van der Waals surface area contributed by atoms with Crippen LogP contribution in [0.1, 0.15) is 30.4 Å². The molecule has 41 heavy (non-hydrogen) atoms. The van der Waals surface area contributed by atoms with Gasteiger partial charge in [0.2, 0.25) is 5.89 Å². The molecule has 2 aliphatic heterocycles. The highest BCUT2D eigenvalue weighted by molar-refractivity contribution is 5.84. The highest BCUT2D eigenvalue weighted by Crippen LogP contribution is 2.39. The lowest BCUT2D eigenvalue weighted by Gasteiger charge is -2.33. The topological polar surface area (TPSA) is 142 Å². The van der Waals surface area contributed by atoms with Gasteiger partial charge in [0.05, 0.1) is 11.1 Å². The molecule has 0 amide bonds. The molecule has 0 spiro atoms. The van der Waals surface area contributed by atoms with Crippen molar-refractivity contribution in [3.63, 3.8) is 0 Å². The number of nitrogens with zero attached hydrogens (tertiary/aromatic N) is 4. The van der Waals surface area contributed by atoms with Crippen molar-refractivity contribution in [3.05, 3.63) is 59.7 Å². The summed E-state index contributed by atoms with van der Waals surface area (Å²) in [5.74, 6) is 1.14. The second-order valence-electron chi connectivity index (χ2n) is 9.91. The van der Waals surface area contributed by atoms with E-state index in [0.717, 1.165) is 18.4 Å². The molecule has 0 aliphatic carbocycles. The van der Waals surface area contributed by atoms with Gasteiger partial charge in [-0.15, -0.1) is 0 Å². The van der Waals surface area contributed by atoms with Crippen molar-refractivity contribution in [3.8, 4) is 52.0 Å². The zero-order valence-corrected chi connectivity index (χ0v) is 22.1. The minimum atomic E-state index is -0.851. The van der Waals surface area contributed by atoms with Crippen LogP contribution in [0.4, 0.5) is 0 Å². The number of likely N-dealkylation sites (tertiary alicyclic amines) is 1. The molecule has 0 saturated carbocycles. The van der Waals surface area contributed by atoms with Gasteiger partial charge >= 0.3 is 5.97 Å². The van der Waals surface area contributed by atoms with Crippen LogP contribution in [0.3, 0.4) is 0 Å². The van der Waals surface area contributed by atoms with Crippen molar-refractivity contribution in [1.82, 2.24) is 9.88 Å². The Morgan fingerprint density at radius 2 is 1.90 bits per heavy atom. The van der Waals surface area contributed by atoms with Crippen molar-refractivity contribution >= 4 is 17.1 Å². The van der Waals surface area contributed by atoms with Crippen LogP contribution < -0.4 is 14.2 Å². The maximum absolute atomic E-state index is 11.9. The molecule has 0 bridgehead atoms. The number of piperidine rings is 1. The number of fused-ring (bicyclic) bond motifs is 2. The first-order valence-corrected chi connectivity index (χ1v) is 13.4. The largest absolute Gasteiger partial charge is 0.486 e. The van der Waals surface area contributed by atoms with Crippen LogP contribution in [0.25, 0.3) is 33.7 Å². The molecule has 1 atom stereocenters. The Hall–Kier alpha value is -5.06. The highest BCUT2D eigenvalue weighted by Gasteiger charge is 2.29. The molecule has 3 aromatic carbocycles. The van der Waals surface area contributed by atoms with Crippen LogP contribution in [0.2, 0.25) is 0 Å². The van der Waals surface area contributed by atoms with E-state index in [4.69, 9.17) is 28.9 Å². The fraction of sp³-hybridized carbons (Fsp3) is 0.290. The number of rotatable bonds is 7. The lowest BCUT2D eigenvalue weighted by atomic mass is 9.95. The number of oxazole rings is 1. The Balaban J connectivity index is 1.39. The summed E-state index contributed by atoms with van der Waals surface area (Å²) in [5.41, 5.74) is 4.11. The van der Waals surface area contributed by atoms with Gasteiger partial charge in [-0.25, -0.2) is 4.98 Å². The van der Waals surface area contributed by atoms with Crippen molar-refractivity contribution in [2.45, 2.75) is 31.8 Å². The van der Waals surface area contributed by atoms with Crippen molar-refractivity contribution in [2.24, 2.45) is 0 Å². The average molecular weight is 551 g/mol. The van der Waals surface area contributed by atoms with Gasteiger partial charge in [-0.3, -0.25) is 9.69 Å². The maximum Gasteiger partial charge on any atom is 0.320 e. The van der Waals surface area contributed by atoms with E-state index in [2.05, 4.69) is 6.07 Å². The van der Waals surface area contributed by atoms with Crippen LogP contribution in [-0.4, -0.2) is 53.4 Å². The summed E-state index contributed by atoms with van der Waals surface area (Å²) < 4.78 is 23.2. The molecule has 1 saturated heterocycles. The van der Waals surface area contributed by atoms with E-state index in [-0.39, 0.29) is 12.5 Å². The second-order valence-corrected chi connectivity index (χ2v) is 9.91. The molecule has 1 N–H and O–H groups in total. The van der Waals surface area contributed by atoms with E-state index in [1.54, 1.807) is 18.2 Å². The number of carbonyl (C=O) groups is 1.